The highest BCUT2D eigenvalue weighted by Crippen LogP contribution is 2.41. The van der Waals surface area contributed by atoms with Crippen LogP contribution in [0.3, 0.4) is 0 Å². The van der Waals surface area contributed by atoms with E-state index in [0.717, 1.165) is 37.8 Å². The van der Waals surface area contributed by atoms with E-state index in [0.29, 0.717) is 46.5 Å². The number of halogens is 3. The number of aromatic nitrogens is 2. The van der Waals surface area contributed by atoms with E-state index < -0.39 is 18.1 Å². The van der Waals surface area contributed by atoms with E-state index >= 15 is 0 Å². The summed E-state index contributed by atoms with van der Waals surface area (Å²) < 4.78 is 42.2. The van der Waals surface area contributed by atoms with E-state index in [2.05, 4.69) is 55.7 Å². The van der Waals surface area contributed by atoms with Gasteiger partial charge in [0.15, 0.2) is 0 Å². The topological polar surface area (TPSA) is 101 Å². The summed E-state index contributed by atoms with van der Waals surface area (Å²) in [5.74, 6) is 5.89. The molecule has 3 N–H and O–H groups in total. The maximum absolute atomic E-state index is 13.7. The Morgan fingerprint density at radius 3 is 2.46 bits per heavy atom. The molecule has 1 aromatic carbocycles. The first kappa shape index (κ1) is 39.1. The molecule has 1 spiro atoms. The van der Waals surface area contributed by atoms with Gasteiger partial charge in [-0.2, -0.15) is 18.4 Å². The van der Waals surface area contributed by atoms with Gasteiger partial charge in [-0.25, -0.2) is 0 Å². The largest absolute Gasteiger partial charge is 0.406 e. The number of carbonyl (C=O) groups excluding carboxylic acids is 1. The lowest BCUT2D eigenvalue weighted by Crippen LogP contribution is -2.46. The maximum atomic E-state index is 13.7. The molecular formula is C40H53F3N8O. The number of nitriles is 1. The summed E-state index contributed by atoms with van der Waals surface area (Å²) in [5.41, 5.74) is 2.93. The minimum absolute atomic E-state index is 0.196. The van der Waals surface area contributed by atoms with Gasteiger partial charge >= 0.3 is 6.18 Å². The minimum atomic E-state index is -4.41. The van der Waals surface area contributed by atoms with E-state index in [1.54, 1.807) is 38.2 Å². The number of hydrogen-bond donors (Lipinski definition) is 3. The number of carbonyl (C=O) groups is 1. The number of amides is 1. The summed E-state index contributed by atoms with van der Waals surface area (Å²) in [7, 11) is 2.22. The van der Waals surface area contributed by atoms with Gasteiger partial charge in [-0.3, -0.25) is 9.78 Å². The number of anilines is 1. The van der Waals surface area contributed by atoms with Crippen molar-refractivity contribution in [3.8, 4) is 17.9 Å². The van der Waals surface area contributed by atoms with Crippen LogP contribution in [-0.4, -0.2) is 90.8 Å². The van der Waals surface area contributed by atoms with Gasteiger partial charge < -0.3 is 30.3 Å². The predicted molar refractivity (Wildman–Crippen MR) is 200 cm³/mol. The standard InChI is InChI=1S/C40H53F3N8O/c1-38(2,28-44)37-11-9-34(27-48-37)46-17-4-7-35-25-32-24-31(8-10-36(32)51(35)29-40(41,42)43)26-47-33(12-18-45-30-52)6-5-19-50-22-15-39(16-23-50)13-20-49(3)21-14-39/h8-11,24-25,27,30,33,46-47H,5-6,12-23,26,29H2,1-3H3,(H,45,52). The van der Waals surface area contributed by atoms with Crippen LogP contribution in [0, 0.1) is 28.6 Å². The van der Waals surface area contributed by atoms with E-state index in [1.807, 2.05) is 18.2 Å². The van der Waals surface area contributed by atoms with Crippen LogP contribution in [-0.2, 0) is 23.3 Å². The lowest BCUT2D eigenvalue weighted by atomic mass is 9.71. The molecule has 280 valence electrons. The summed E-state index contributed by atoms with van der Waals surface area (Å²) in [6, 6.07) is 13.3. The number of pyridine rings is 1. The molecule has 2 aliphatic heterocycles. The minimum Gasteiger partial charge on any atom is -0.373 e. The molecule has 52 heavy (non-hydrogen) atoms. The fraction of sp³-hybridized carbons (Fsp3) is 0.575. The predicted octanol–water partition coefficient (Wildman–Crippen LogP) is 6.05. The molecular weight excluding hydrogens is 665 g/mol. The molecule has 2 fully saturated rings. The van der Waals surface area contributed by atoms with Gasteiger partial charge in [0.2, 0.25) is 6.41 Å². The third kappa shape index (κ3) is 11.0. The summed E-state index contributed by atoms with van der Waals surface area (Å²) >= 11 is 0. The van der Waals surface area contributed by atoms with E-state index in [4.69, 9.17) is 0 Å². The molecule has 2 saturated heterocycles. The molecule has 0 saturated carbocycles. The van der Waals surface area contributed by atoms with Crippen LogP contribution in [0.1, 0.15) is 75.7 Å². The second-order valence-corrected chi connectivity index (χ2v) is 15.2. The van der Waals surface area contributed by atoms with Gasteiger partial charge in [-0.05, 0) is 146 Å². The molecule has 0 radical (unpaired) electrons. The molecule has 4 heterocycles. The molecule has 0 aliphatic carbocycles. The molecule has 1 amide bonds. The average Bonchev–Trinajstić information content (AvgIpc) is 3.46. The third-order valence-electron chi connectivity index (χ3n) is 10.9. The van der Waals surface area contributed by atoms with Crippen molar-refractivity contribution in [1.82, 2.24) is 30.0 Å². The quantitative estimate of drug-likeness (QED) is 0.100. The van der Waals surface area contributed by atoms with Gasteiger partial charge in [-0.1, -0.05) is 12.0 Å². The Hall–Kier alpha value is -4.10. The zero-order chi connectivity index (χ0) is 37.2. The highest BCUT2D eigenvalue weighted by Gasteiger charge is 2.36. The number of fused-ring (bicyclic) bond motifs is 1. The normalized spacial score (nSPS) is 17.3. The first-order chi connectivity index (χ1) is 24.9. The molecule has 5 rings (SSSR count). The van der Waals surface area contributed by atoms with E-state index in [1.165, 1.54) is 56.4 Å². The molecule has 2 aromatic heterocycles. The Morgan fingerprint density at radius 1 is 1.04 bits per heavy atom. The van der Waals surface area contributed by atoms with Crippen molar-refractivity contribution in [2.45, 2.75) is 89.5 Å². The molecule has 9 nitrogen and oxygen atoms in total. The number of hydrogen-bond acceptors (Lipinski definition) is 7. The third-order valence-corrected chi connectivity index (χ3v) is 10.9. The van der Waals surface area contributed by atoms with Crippen molar-refractivity contribution in [2.75, 3.05) is 58.2 Å². The van der Waals surface area contributed by atoms with Crippen LogP contribution in [0.5, 0.6) is 0 Å². The summed E-state index contributed by atoms with van der Waals surface area (Å²) in [4.78, 5) is 20.3. The van der Waals surface area contributed by atoms with Crippen LogP contribution in [0.25, 0.3) is 10.9 Å². The molecule has 3 aromatic rings. The van der Waals surface area contributed by atoms with Crippen molar-refractivity contribution in [1.29, 1.82) is 5.26 Å². The van der Waals surface area contributed by atoms with Crippen molar-refractivity contribution < 1.29 is 18.0 Å². The summed E-state index contributed by atoms with van der Waals surface area (Å²) in [6.45, 7) is 9.63. The van der Waals surface area contributed by atoms with Gasteiger partial charge in [0.25, 0.3) is 0 Å². The Balaban J connectivity index is 1.18. The molecule has 2 aliphatic rings. The fourth-order valence-corrected chi connectivity index (χ4v) is 7.42. The lowest BCUT2D eigenvalue weighted by Gasteiger charge is -2.46. The number of rotatable bonds is 15. The SMILES string of the molecule is CN1CCC2(CC1)CCN(CCCC(CCNC=O)NCc1ccc3c(c1)cc(C#CCNc1ccc(C(C)(C)C#N)nc1)n3CC(F)(F)F)CC2. The first-order valence-corrected chi connectivity index (χ1v) is 18.5. The van der Waals surface area contributed by atoms with Gasteiger partial charge in [0.1, 0.15) is 6.54 Å². The van der Waals surface area contributed by atoms with E-state index in [9.17, 15) is 23.2 Å². The smallest absolute Gasteiger partial charge is 0.373 e. The van der Waals surface area contributed by atoms with Crippen molar-refractivity contribution in [2.24, 2.45) is 5.41 Å². The molecule has 1 unspecified atom stereocenters. The Morgan fingerprint density at radius 2 is 1.79 bits per heavy atom. The van der Waals surface area contributed by atoms with Crippen LogP contribution < -0.4 is 16.0 Å². The van der Waals surface area contributed by atoms with Gasteiger partial charge in [0, 0.05) is 30.0 Å². The lowest BCUT2D eigenvalue weighted by molar-refractivity contribution is -0.140. The Bertz CT molecular complexity index is 1720. The summed E-state index contributed by atoms with van der Waals surface area (Å²) in [5, 5.41) is 19.6. The monoisotopic (exact) mass is 718 g/mol. The molecule has 12 heteroatoms. The van der Waals surface area contributed by atoms with E-state index in [-0.39, 0.29) is 12.6 Å². The first-order valence-electron chi connectivity index (χ1n) is 18.5. The zero-order valence-corrected chi connectivity index (χ0v) is 30.8. The summed E-state index contributed by atoms with van der Waals surface area (Å²) in [6.07, 6.45) is 5.99. The second kappa shape index (κ2) is 17.6. The Labute approximate surface area is 306 Å². The highest BCUT2D eigenvalue weighted by molar-refractivity contribution is 5.83. The van der Waals surface area contributed by atoms with Crippen molar-refractivity contribution >= 4 is 23.0 Å². The van der Waals surface area contributed by atoms with Crippen LogP contribution >= 0.6 is 0 Å². The van der Waals surface area contributed by atoms with Crippen LogP contribution in [0.2, 0.25) is 0 Å². The number of likely N-dealkylation sites (tertiary alicyclic amines) is 2. The van der Waals surface area contributed by atoms with Crippen molar-refractivity contribution in [3.63, 3.8) is 0 Å². The average molecular weight is 719 g/mol. The van der Waals surface area contributed by atoms with Crippen LogP contribution in [0.15, 0.2) is 42.6 Å². The van der Waals surface area contributed by atoms with Gasteiger partial charge in [0.05, 0.1) is 41.3 Å². The van der Waals surface area contributed by atoms with Crippen molar-refractivity contribution in [3.05, 3.63) is 59.5 Å². The number of piperidine rings is 2. The van der Waals surface area contributed by atoms with Gasteiger partial charge in [-0.15, -0.1) is 0 Å². The number of alkyl halides is 3. The second-order valence-electron chi connectivity index (χ2n) is 15.2. The fourth-order valence-electron chi connectivity index (χ4n) is 7.42. The Kier molecular flexibility index (Phi) is 13.2. The molecule has 0 bridgehead atoms. The number of benzene rings is 1. The number of nitrogens with one attached hydrogen (secondary N) is 3. The zero-order valence-electron chi connectivity index (χ0n) is 30.8. The van der Waals surface area contributed by atoms with Crippen LogP contribution in [0.4, 0.5) is 18.9 Å². The molecule has 1 atom stereocenters. The maximum Gasteiger partial charge on any atom is 0.406 e. The number of nitrogens with zero attached hydrogens (tertiary/aromatic N) is 5. The highest BCUT2D eigenvalue weighted by atomic mass is 19.4.